The van der Waals surface area contributed by atoms with Crippen molar-refractivity contribution in [1.82, 2.24) is 14.8 Å². The Morgan fingerprint density at radius 2 is 1.95 bits per heavy atom. The summed E-state index contributed by atoms with van der Waals surface area (Å²) in [5.41, 5.74) is -1.83. The molecule has 1 aromatic carbocycles. The summed E-state index contributed by atoms with van der Waals surface area (Å²) < 4.78 is 51.8. The van der Waals surface area contributed by atoms with Crippen molar-refractivity contribution in [1.29, 1.82) is 0 Å². The predicted molar refractivity (Wildman–Crippen MR) is 68.0 cm³/mol. The fourth-order valence-corrected chi connectivity index (χ4v) is 2.55. The van der Waals surface area contributed by atoms with Crippen LogP contribution in [0.4, 0.5) is 17.6 Å². The smallest absolute Gasteiger partial charge is 0.267 e. The summed E-state index contributed by atoms with van der Waals surface area (Å²) in [4.78, 5) is 15.5. The van der Waals surface area contributed by atoms with E-state index in [1.807, 2.05) is 0 Å². The zero-order chi connectivity index (χ0) is 15.2. The number of fused-ring (bicyclic) bond motifs is 1. The van der Waals surface area contributed by atoms with Crippen LogP contribution in [0.1, 0.15) is 5.69 Å². The second-order valence-corrected chi connectivity index (χ2v) is 4.91. The molecule has 0 atom stereocenters. The third kappa shape index (κ3) is 2.29. The number of thiazole rings is 1. The van der Waals surface area contributed by atoms with E-state index < -0.39 is 23.2 Å². The van der Waals surface area contributed by atoms with Gasteiger partial charge in [-0.2, -0.15) is 23.0 Å². The maximum Gasteiger partial charge on any atom is 0.434 e. The molecule has 0 N–H and O–H groups in total. The van der Waals surface area contributed by atoms with E-state index in [0.29, 0.717) is 11.3 Å². The van der Waals surface area contributed by atoms with E-state index in [4.69, 9.17) is 0 Å². The van der Waals surface area contributed by atoms with Gasteiger partial charge >= 0.3 is 6.18 Å². The molecule has 0 bridgehead atoms. The highest BCUT2D eigenvalue weighted by Gasteiger charge is 2.34. The molecule has 0 aliphatic rings. The van der Waals surface area contributed by atoms with E-state index in [1.165, 1.54) is 18.2 Å². The van der Waals surface area contributed by atoms with Gasteiger partial charge in [-0.15, -0.1) is 11.3 Å². The lowest BCUT2D eigenvalue weighted by Gasteiger charge is -2.03. The normalized spacial score (nSPS) is 12.0. The predicted octanol–water partition coefficient (Wildman–Crippen LogP) is 3.00. The molecule has 2 aromatic heterocycles. The van der Waals surface area contributed by atoms with Crippen molar-refractivity contribution < 1.29 is 17.6 Å². The Morgan fingerprint density at radius 3 is 2.62 bits per heavy atom. The molecule has 0 saturated heterocycles. The first-order chi connectivity index (χ1) is 9.88. The molecular weight excluding hydrogens is 310 g/mol. The van der Waals surface area contributed by atoms with E-state index in [0.717, 1.165) is 16.3 Å². The minimum atomic E-state index is -4.60. The molecule has 108 valence electrons. The molecule has 0 saturated carbocycles. The number of aromatic nitrogens is 3. The first kappa shape index (κ1) is 13.7. The van der Waals surface area contributed by atoms with Crippen LogP contribution in [0.25, 0.3) is 15.9 Å². The van der Waals surface area contributed by atoms with Gasteiger partial charge in [0.1, 0.15) is 5.82 Å². The van der Waals surface area contributed by atoms with Crippen molar-refractivity contribution in [3.05, 3.63) is 51.6 Å². The number of benzene rings is 1. The molecule has 0 amide bonds. The third-order valence-electron chi connectivity index (χ3n) is 2.74. The Balaban J connectivity index is 2.20. The van der Waals surface area contributed by atoms with Gasteiger partial charge in [0.05, 0.1) is 11.6 Å². The van der Waals surface area contributed by atoms with E-state index in [9.17, 15) is 22.4 Å². The number of halogens is 4. The molecule has 9 heteroatoms. The van der Waals surface area contributed by atoms with Gasteiger partial charge in [-0.05, 0) is 12.1 Å². The van der Waals surface area contributed by atoms with Gasteiger partial charge in [0, 0.05) is 10.8 Å². The van der Waals surface area contributed by atoms with Gasteiger partial charge < -0.3 is 0 Å². The molecule has 0 aliphatic heterocycles. The van der Waals surface area contributed by atoms with Crippen LogP contribution >= 0.6 is 11.3 Å². The lowest BCUT2D eigenvalue weighted by Crippen LogP contribution is -2.21. The Morgan fingerprint density at radius 1 is 1.19 bits per heavy atom. The summed E-state index contributed by atoms with van der Waals surface area (Å²) in [6.07, 6.45) is -3.51. The van der Waals surface area contributed by atoms with Crippen molar-refractivity contribution in [2.45, 2.75) is 6.18 Å². The van der Waals surface area contributed by atoms with Gasteiger partial charge in [-0.25, -0.2) is 9.37 Å². The maximum absolute atomic E-state index is 13.5. The van der Waals surface area contributed by atoms with Crippen LogP contribution in [0.3, 0.4) is 0 Å². The summed E-state index contributed by atoms with van der Waals surface area (Å²) in [6.45, 7) is 0. The first-order valence-electron chi connectivity index (χ1n) is 5.57. The van der Waals surface area contributed by atoms with Gasteiger partial charge in [0.2, 0.25) is 5.13 Å². The summed E-state index contributed by atoms with van der Waals surface area (Å²) in [5, 5.41) is 4.27. The van der Waals surface area contributed by atoms with Crippen molar-refractivity contribution >= 4 is 22.1 Å². The fraction of sp³-hybridized carbons (Fsp3) is 0.0833. The molecule has 0 unspecified atom stereocenters. The van der Waals surface area contributed by atoms with Gasteiger partial charge in [0.25, 0.3) is 5.56 Å². The largest absolute Gasteiger partial charge is 0.434 e. The fourth-order valence-electron chi connectivity index (χ4n) is 1.76. The van der Waals surface area contributed by atoms with Crippen molar-refractivity contribution in [2.75, 3.05) is 0 Å². The van der Waals surface area contributed by atoms with Crippen LogP contribution < -0.4 is 5.56 Å². The van der Waals surface area contributed by atoms with Gasteiger partial charge in [-0.3, -0.25) is 4.79 Å². The minimum absolute atomic E-state index is 0.00588. The van der Waals surface area contributed by atoms with E-state index in [-0.39, 0.29) is 15.9 Å². The minimum Gasteiger partial charge on any atom is -0.267 e. The van der Waals surface area contributed by atoms with Crippen LogP contribution in [0.5, 0.6) is 0 Å². The average molecular weight is 315 g/mol. The zero-order valence-electron chi connectivity index (χ0n) is 10.1. The van der Waals surface area contributed by atoms with Gasteiger partial charge in [-0.1, -0.05) is 6.07 Å². The standard InChI is InChI=1S/C12H5F4N3OS/c13-8-3-1-2-6-7(8)4-17-19(10(6)20)11-18-9(5-21-11)12(14,15)16/h1-5H. The van der Waals surface area contributed by atoms with Crippen molar-refractivity contribution in [3.63, 3.8) is 0 Å². The van der Waals surface area contributed by atoms with Gasteiger partial charge in [0.15, 0.2) is 5.69 Å². The Hall–Kier alpha value is -2.29. The second-order valence-electron chi connectivity index (χ2n) is 4.08. The van der Waals surface area contributed by atoms with Crippen LogP contribution in [-0.4, -0.2) is 14.8 Å². The molecular formula is C12H5F4N3OS. The molecule has 0 radical (unpaired) electrons. The SMILES string of the molecule is O=c1c2cccc(F)c2cnn1-c1nc(C(F)(F)F)cs1. The summed E-state index contributed by atoms with van der Waals surface area (Å²) in [7, 11) is 0. The average Bonchev–Trinajstić information content (AvgIpc) is 2.89. The highest BCUT2D eigenvalue weighted by molar-refractivity contribution is 7.12. The van der Waals surface area contributed by atoms with Crippen molar-refractivity contribution in [3.8, 4) is 5.13 Å². The topological polar surface area (TPSA) is 47.8 Å². The molecule has 3 rings (SSSR count). The van der Waals surface area contributed by atoms with E-state index in [1.54, 1.807) is 0 Å². The molecule has 2 heterocycles. The zero-order valence-corrected chi connectivity index (χ0v) is 10.9. The Labute approximate surface area is 118 Å². The third-order valence-corrected chi connectivity index (χ3v) is 3.56. The number of rotatable bonds is 1. The summed E-state index contributed by atoms with van der Waals surface area (Å²) >= 11 is 0.632. The summed E-state index contributed by atoms with van der Waals surface area (Å²) in [5.74, 6) is -0.626. The van der Waals surface area contributed by atoms with E-state index >= 15 is 0 Å². The highest BCUT2D eigenvalue weighted by Crippen LogP contribution is 2.30. The number of nitrogens with zero attached hydrogens (tertiary/aromatic N) is 3. The number of hydrogen-bond donors (Lipinski definition) is 0. The van der Waals surface area contributed by atoms with Crippen LogP contribution in [-0.2, 0) is 6.18 Å². The lowest BCUT2D eigenvalue weighted by atomic mass is 10.2. The maximum atomic E-state index is 13.5. The molecule has 0 aliphatic carbocycles. The Kier molecular flexibility index (Phi) is 3.01. The molecule has 3 aromatic rings. The molecule has 0 fully saturated rings. The summed E-state index contributed by atoms with van der Waals surface area (Å²) in [6, 6.07) is 3.88. The number of hydrogen-bond acceptors (Lipinski definition) is 4. The van der Waals surface area contributed by atoms with Crippen LogP contribution in [0, 0.1) is 5.82 Å². The van der Waals surface area contributed by atoms with Crippen molar-refractivity contribution in [2.24, 2.45) is 0 Å². The lowest BCUT2D eigenvalue weighted by molar-refractivity contribution is -0.140. The van der Waals surface area contributed by atoms with Crippen LogP contribution in [0.2, 0.25) is 0 Å². The first-order valence-corrected chi connectivity index (χ1v) is 6.45. The van der Waals surface area contributed by atoms with Crippen LogP contribution in [0.15, 0.2) is 34.6 Å². The molecule has 21 heavy (non-hydrogen) atoms. The highest BCUT2D eigenvalue weighted by atomic mass is 32.1. The quantitative estimate of drug-likeness (QED) is 0.649. The number of alkyl halides is 3. The molecule has 4 nitrogen and oxygen atoms in total. The second kappa shape index (κ2) is 4.62. The Bertz CT molecular complexity index is 884. The molecule has 0 spiro atoms. The van der Waals surface area contributed by atoms with E-state index in [2.05, 4.69) is 10.1 Å². The monoisotopic (exact) mass is 315 g/mol.